The summed E-state index contributed by atoms with van der Waals surface area (Å²) in [5.74, 6) is -1.64. The third kappa shape index (κ3) is 4.30. The van der Waals surface area contributed by atoms with Crippen molar-refractivity contribution in [1.82, 2.24) is 4.98 Å². The zero-order chi connectivity index (χ0) is 16.1. The SMILES string of the molecule is COCC(N)C(=O)Nc1ncc(Cc2ccc(F)cc2F)s1. The summed E-state index contributed by atoms with van der Waals surface area (Å²) in [6.45, 7) is 0.102. The van der Waals surface area contributed by atoms with Crippen molar-refractivity contribution < 1.29 is 18.3 Å². The van der Waals surface area contributed by atoms with Gasteiger partial charge in [0.1, 0.15) is 17.7 Å². The summed E-state index contributed by atoms with van der Waals surface area (Å²) in [5, 5.41) is 2.94. The summed E-state index contributed by atoms with van der Waals surface area (Å²) in [7, 11) is 1.45. The summed E-state index contributed by atoms with van der Waals surface area (Å²) < 4.78 is 31.2. The lowest BCUT2D eigenvalue weighted by Gasteiger charge is -2.08. The number of hydrogen-bond donors (Lipinski definition) is 2. The highest BCUT2D eigenvalue weighted by Crippen LogP contribution is 2.22. The average Bonchev–Trinajstić information content (AvgIpc) is 2.89. The Bertz CT molecular complexity index is 663. The molecule has 0 spiro atoms. The number of amides is 1. The molecule has 0 aliphatic rings. The molecular formula is C14H15F2N3O2S. The minimum Gasteiger partial charge on any atom is -0.383 e. The highest BCUT2D eigenvalue weighted by Gasteiger charge is 2.15. The first-order chi connectivity index (χ1) is 10.5. The van der Waals surface area contributed by atoms with Gasteiger partial charge >= 0.3 is 0 Å². The van der Waals surface area contributed by atoms with Gasteiger partial charge in [-0.05, 0) is 11.6 Å². The van der Waals surface area contributed by atoms with E-state index in [0.717, 1.165) is 10.9 Å². The Morgan fingerprint density at radius 1 is 1.50 bits per heavy atom. The average molecular weight is 327 g/mol. The number of ether oxygens (including phenoxy) is 1. The fourth-order valence-corrected chi connectivity index (χ4v) is 2.59. The van der Waals surface area contributed by atoms with Gasteiger partial charge in [0.05, 0.1) is 6.61 Å². The van der Waals surface area contributed by atoms with E-state index >= 15 is 0 Å². The lowest BCUT2D eigenvalue weighted by molar-refractivity contribution is -0.118. The van der Waals surface area contributed by atoms with Crippen molar-refractivity contribution in [3.63, 3.8) is 0 Å². The van der Waals surface area contributed by atoms with Crippen molar-refractivity contribution in [3.8, 4) is 0 Å². The number of carbonyl (C=O) groups excluding carboxylic acids is 1. The maximum Gasteiger partial charge on any atom is 0.245 e. The monoisotopic (exact) mass is 327 g/mol. The normalized spacial score (nSPS) is 12.2. The van der Waals surface area contributed by atoms with Crippen molar-refractivity contribution in [2.45, 2.75) is 12.5 Å². The van der Waals surface area contributed by atoms with E-state index in [0.29, 0.717) is 10.7 Å². The van der Waals surface area contributed by atoms with Gasteiger partial charge in [0, 0.05) is 30.7 Å². The highest BCUT2D eigenvalue weighted by atomic mass is 32.1. The van der Waals surface area contributed by atoms with Crippen LogP contribution in [0.1, 0.15) is 10.4 Å². The first-order valence-electron chi connectivity index (χ1n) is 6.43. The quantitative estimate of drug-likeness (QED) is 0.850. The largest absolute Gasteiger partial charge is 0.383 e. The molecule has 0 fully saturated rings. The molecule has 1 aromatic heterocycles. The first kappa shape index (κ1) is 16.5. The molecule has 1 aromatic carbocycles. The molecule has 22 heavy (non-hydrogen) atoms. The highest BCUT2D eigenvalue weighted by molar-refractivity contribution is 7.15. The smallest absolute Gasteiger partial charge is 0.245 e. The number of nitrogens with one attached hydrogen (secondary N) is 1. The maximum absolute atomic E-state index is 13.6. The molecule has 1 heterocycles. The number of rotatable bonds is 6. The lowest BCUT2D eigenvalue weighted by Crippen LogP contribution is -2.39. The number of aromatic nitrogens is 1. The summed E-state index contributed by atoms with van der Waals surface area (Å²) in [4.78, 5) is 16.5. The van der Waals surface area contributed by atoms with Gasteiger partial charge in [-0.15, -0.1) is 11.3 Å². The molecule has 0 bridgehead atoms. The Labute approximate surface area is 130 Å². The molecule has 0 saturated heterocycles. The predicted molar refractivity (Wildman–Crippen MR) is 79.8 cm³/mol. The van der Waals surface area contributed by atoms with Crippen LogP contribution >= 0.6 is 11.3 Å². The third-order valence-corrected chi connectivity index (χ3v) is 3.76. The Hall–Kier alpha value is -1.90. The molecule has 1 unspecified atom stereocenters. The van der Waals surface area contributed by atoms with Gasteiger partial charge in [0.2, 0.25) is 5.91 Å². The lowest BCUT2D eigenvalue weighted by atomic mass is 10.1. The van der Waals surface area contributed by atoms with E-state index in [4.69, 9.17) is 10.5 Å². The number of benzene rings is 1. The fourth-order valence-electron chi connectivity index (χ4n) is 1.75. The zero-order valence-electron chi connectivity index (χ0n) is 11.8. The molecule has 2 rings (SSSR count). The number of hydrogen-bond acceptors (Lipinski definition) is 5. The molecule has 0 saturated carbocycles. The van der Waals surface area contributed by atoms with Gasteiger partial charge in [-0.1, -0.05) is 6.07 Å². The number of nitrogens with two attached hydrogens (primary N) is 1. The summed E-state index contributed by atoms with van der Waals surface area (Å²) in [5.41, 5.74) is 5.95. The van der Waals surface area contributed by atoms with Crippen LogP contribution in [0, 0.1) is 11.6 Å². The van der Waals surface area contributed by atoms with Crippen LogP contribution in [-0.2, 0) is 16.0 Å². The van der Waals surface area contributed by atoms with Gasteiger partial charge in [-0.2, -0.15) is 0 Å². The first-order valence-corrected chi connectivity index (χ1v) is 7.25. The number of halogens is 2. The van der Waals surface area contributed by atoms with E-state index in [9.17, 15) is 13.6 Å². The van der Waals surface area contributed by atoms with Gasteiger partial charge in [0.15, 0.2) is 5.13 Å². The van der Waals surface area contributed by atoms with Crippen LogP contribution in [-0.4, -0.2) is 30.6 Å². The number of carbonyl (C=O) groups is 1. The van der Waals surface area contributed by atoms with Gasteiger partial charge in [0.25, 0.3) is 0 Å². The van der Waals surface area contributed by atoms with Crippen molar-refractivity contribution in [2.24, 2.45) is 5.73 Å². The molecule has 8 heteroatoms. The molecule has 1 atom stereocenters. The van der Waals surface area contributed by atoms with E-state index in [1.807, 2.05) is 0 Å². The molecular weight excluding hydrogens is 312 g/mol. The predicted octanol–water partition coefficient (Wildman–Crippen LogP) is 1.92. The van der Waals surface area contributed by atoms with Crippen molar-refractivity contribution in [2.75, 3.05) is 19.0 Å². The molecule has 3 N–H and O–H groups in total. The minimum atomic E-state index is -0.785. The van der Waals surface area contributed by atoms with Crippen LogP contribution < -0.4 is 11.1 Å². The van der Waals surface area contributed by atoms with Crippen LogP contribution in [0.4, 0.5) is 13.9 Å². The minimum absolute atomic E-state index is 0.102. The van der Waals surface area contributed by atoms with E-state index in [-0.39, 0.29) is 13.0 Å². The Morgan fingerprint density at radius 3 is 2.95 bits per heavy atom. The number of methoxy groups -OCH3 is 1. The summed E-state index contributed by atoms with van der Waals surface area (Å²) in [6.07, 6.45) is 1.80. The zero-order valence-corrected chi connectivity index (χ0v) is 12.6. The molecule has 118 valence electrons. The number of nitrogens with zero attached hydrogens (tertiary/aromatic N) is 1. The van der Waals surface area contributed by atoms with E-state index in [1.54, 1.807) is 0 Å². The second-order valence-corrected chi connectivity index (χ2v) is 5.71. The Morgan fingerprint density at radius 2 is 2.27 bits per heavy atom. The van der Waals surface area contributed by atoms with Crippen LogP contribution in [0.3, 0.4) is 0 Å². The van der Waals surface area contributed by atoms with Crippen molar-refractivity contribution in [1.29, 1.82) is 0 Å². The number of anilines is 1. The fraction of sp³-hybridized carbons (Fsp3) is 0.286. The molecule has 0 aliphatic heterocycles. The Kier molecular flexibility index (Phi) is 5.53. The van der Waals surface area contributed by atoms with E-state index < -0.39 is 23.6 Å². The van der Waals surface area contributed by atoms with E-state index in [2.05, 4.69) is 10.3 Å². The molecule has 1 amide bonds. The second kappa shape index (κ2) is 7.39. The number of thiazole rings is 1. The third-order valence-electron chi connectivity index (χ3n) is 2.85. The summed E-state index contributed by atoms with van der Waals surface area (Å²) >= 11 is 1.20. The van der Waals surface area contributed by atoms with Crippen LogP contribution in [0.15, 0.2) is 24.4 Å². The Balaban J connectivity index is 2.01. The topological polar surface area (TPSA) is 77.2 Å². The standard InChI is InChI=1S/C14H15F2N3O2S/c1-21-7-12(17)13(20)19-14-18-6-10(22-14)4-8-2-3-9(15)5-11(8)16/h2-3,5-6,12H,4,7,17H2,1H3,(H,18,19,20). The molecule has 5 nitrogen and oxygen atoms in total. The van der Waals surface area contributed by atoms with Crippen LogP contribution in [0.25, 0.3) is 0 Å². The molecule has 2 aromatic rings. The van der Waals surface area contributed by atoms with E-state index in [1.165, 1.54) is 36.8 Å². The molecule has 0 radical (unpaired) electrons. The second-order valence-electron chi connectivity index (χ2n) is 4.60. The molecule has 0 aliphatic carbocycles. The van der Waals surface area contributed by atoms with Gasteiger partial charge in [-0.25, -0.2) is 13.8 Å². The van der Waals surface area contributed by atoms with Crippen LogP contribution in [0.2, 0.25) is 0 Å². The summed E-state index contributed by atoms with van der Waals surface area (Å²) in [6, 6.07) is 2.64. The maximum atomic E-state index is 13.6. The van der Waals surface area contributed by atoms with Gasteiger partial charge < -0.3 is 15.8 Å². The van der Waals surface area contributed by atoms with Crippen LogP contribution in [0.5, 0.6) is 0 Å². The van der Waals surface area contributed by atoms with Crippen molar-refractivity contribution in [3.05, 3.63) is 46.5 Å². The van der Waals surface area contributed by atoms with Crippen molar-refractivity contribution >= 4 is 22.4 Å². The van der Waals surface area contributed by atoms with Gasteiger partial charge in [-0.3, -0.25) is 4.79 Å².